The third-order valence-electron chi connectivity index (χ3n) is 5.21. The molecule has 2 aromatic carbocycles. The van der Waals surface area contributed by atoms with Crippen LogP contribution >= 0.6 is 11.6 Å². The molecule has 1 N–H and O–H groups in total. The maximum absolute atomic E-state index is 13.1. The monoisotopic (exact) mass is 451 g/mol. The van der Waals surface area contributed by atoms with Crippen molar-refractivity contribution in [3.8, 4) is 0 Å². The molecule has 1 heterocycles. The van der Waals surface area contributed by atoms with E-state index >= 15 is 0 Å². The van der Waals surface area contributed by atoms with Crippen molar-refractivity contribution in [3.63, 3.8) is 0 Å². The van der Waals surface area contributed by atoms with E-state index in [2.05, 4.69) is 5.32 Å². The molecule has 0 spiro atoms. The summed E-state index contributed by atoms with van der Waals surface area (Å²) in [6.07, 6.45) is 2.65. The number of piperidine rings is 1. The van der Waals surface area contributed by atoms with Gasteiger partial charge < -0.3 is 5.32 Å². The molecule has 0 bridgehead atoms. The number of benzene rings is 2. The summed E-state index contributed by atoms with van der Waals surface area (Å²) in [4.78, 5) is 22.9. The van der Waals surface area contributed by atoms with Crippen LogP contribution in [0.2, 0.25) is 5.02 Å². The minimum absolute atomic E-state index is 0.0627. The zero-order valence-electron chi connectivity index (χ0n) is 16.5. The highest BCUT2D eigenvalue weighted by Gasteiger charge is 2.35. The number of carbonyl (C=O) groups excluding carboxylic acids is 1. The van der Waals surface area contributed by atoms with Gasteiger partial charge in [-0.05, 0) is 63.1 Å². The van der Waals surface area contributed by atoms with E-state index in [1.807, 2.05) is 13.8 Å². The van der Waals surface area contributed by atoms with Crippen LogP contribution in [0, 0.1) is 10.1 Å². The lowest BCUT2D eigenvalue weighted by molar-refractivity contribution is -0.384. The smallest absolute Gasteiger partial charge is 0.288 e. The molecule has 1 amide bonds. The largest absolute Gasteiger partial charge is 0.322 e. The standard InChI is InChI=1S/C20H22ClN3O5S/c1-13-4-3-5-14(2)23(13)30(28,29)17-9-7-16(8-10-17)22-20(25)15-6-11-18(21)19(12-15)24(26)27/h6-14H,3-5H2,1-2H3,(H,22,25). The van der Waals surface area contributed by atoms with Gasteiger partial charge >= 0.3 is 0 Å². The van der Waals surface area contributed by atoms with Crippen LogP contribution in [-0.2, 0) is 10.0 Å². The fourth-order valence-electron chi connectivity index (χ4n) is 3.70. The van der Waals surface area contributed by atoms with Crippen LogP contribution < -0.4 is 5.32 Å². The number of nitro benzene ring substituents is 1. The molecule has 10 heteroatoms. The van der Waals surface area contributed by atoms with Gasteiger partial charge in [0.2, 0.25) is 10.0 Å². The number of anilines is 1. The minimum atomic E-state index is -3.65. The van der Waals surface area contributed by atoms with Gasteiger partial charge in [-0.3, -0.25) is 14.9 Å². The van der Waals surface area contributed by atoms with E-state index in [0.29, 0.717) is 5.69 Å². The molecule has 8 nitrogen and oxygen atoms in total. The van der Waals surface area contributed by atoms with Crippen LogP contribution in [0.3, 0.4) is 0 Å². The van der Waals surface area contributed by atoms with Gasteiger partial charge in [-0.25, -0.2) is 8.42 Å². The number of hydrogen-bond acceptors (Lipinski definition) is 5. The maximum atomic E-state index is 13.1. The minimum Gasteiger partial charge on any atom is -0.322 e. The van der Waals surface area contributed by atoms with Crippen molar-refractivity contribution < 1.29 is 18.1 Å². The van der Waals surface area contributed by atoms with E-state index in [4.69, 9.17) is 11.6 Å². The number of carbonyl (C=O) groups is 1. The molecule has 1 aliphatic rings. The Labute approximate surface area is 180 Å². The highest BCUT2D eigenvalue weighted by molar-refractivity contribution is 7.89. The van der Waals surface area contributed by atoms with Crippen molar-refractivity contribution >= 4 is 38.9 Å². The SMILES string of the molecule is CC1CCCC(C)N1S(=O)(=O)c1ccc(NC(=O)c2ccc(Cl)c([N+](=O)[O-])c2)cc1. The second-order valence-corrected chi connectivity index (χ2v) is 9.62. The molecule has 1 aliphatic heterocycles. The topological polar surface area (TPSA) is 110 Å². The number of nitro groups is 1. The Morgan fingerprint density at radius 3 is 2.30 bits per heavy atom. The summed E-state index contributed by atoms with van der Waals surface area (Å²) in [6, 6.07) is 9.50. The van der Waals surface area contributed by atoms with Gasteiger partial charge in [0.1, 0.15) is 5.02 Å². The number of hydrogen-bond donors (Lipinski definition) is 1. The van der Waals surface area contributed by atoms with Crippen LogP contribution in [0.1, 0.15) is 43.5 Å². The first-order valence-electron chi connectivity index (χ1n) is 9.50. The van der Waals surface area contributed by atoms with Crippen molar-refractivity contribution in [2.24, 2.45) is 0 Å². The molecule has 0 aliphatic carbocycles. The lowest BCUT2D eigenvalue weighted by Gasteiger charge is -2.37. The quantitative estimate of drug-likeness (QED) is 0.533. The van der Waals surface area contributed by atoms with Crippen LogP contribution in [0.15, 0.2) is 47.4 Å². The summed E-state index contributed by atoms with van der Waals surface area (Å²) < 4.78 is 27.7. The molecule has 0 aromatic heterocycles. The first-order chi connectivity index (χ1) is 14.1. The molecule has 2 atom stereocenters. The molecule has 1 saturated heterocycles. The third kappa shape index (κ3) is 4.48. The van der Waals surface area contributed by atoms with Gasteiger partial charge in [0.15, 0.2) is 0 Å². The molecule has 3 rings (SSSR count). The number of nitrogens with zero attached hydrogens (tertiary/aromatic N) is 2. The van der Waals surface area contributed by atoms with E-state index in [0.717, 1.165) is 25.3 Å². The highest BCUT2D eigenvalue weighted by atomic mass is 35.5. The number of rotatable bonds is 5. The lowest BCUT2D eigenvalue weighted by atomic mass is 10.0. The Balaban J connectivity index is 1.78. The molecule has 1 fully saturated rings. The zero-order chi connectivity index (χ0) is 22.1. The summed E-state index contributed by atoms with van der Waals surface area (Å²) >= 11 is 5.77. The van der Waals surface area contributed by atoms with E-state index in [1.165, 1.54) is 36.4 Å². The lowest BCUT2D eigenvalue weighted by Crippen LogP contribution is -2.47. The van der Waals surface area contributed by atoms with E-state index in [9.17, 15) is 23.3 Å². The third-order valence-corrected chi connectivity index (χ3v) is 7.67. The van der Waals surface area contributed by atoms with E-state index < -0.39 is 20.9 Å². The maximum Gasteiger partial charge on any atom is 0.288 e. The normalized spacial score (nSPS) is 20.0. The fraction of sp³-hybridized carbons (Fsp3) is 0.350. The van der Waals surface area contributed by atoms with Gasteiger partial charge in [0.05, 0.1) is 9.82 Å². The Kier molecular flexibility index (Phi) is 6.44. The summed E-state index contributed by atoms with van der Waals surface area (Å²) in [6.45, 7) is 3.82. The van der Waals surface area contributed by atoms with Gasteiger partial charge in [0.25, 0.3) is 11.6 Å². The van der Waals surface area contributed by atoms with Crippen molar-refractivity contribution in [3.05, 3.63) is 63.2 Å². The van der Waals surface area contributed by atoms with Crippen LogP contribution in [0.25, 0.3) is 0 Å². The second kappa shape index (κ2) is 8.71. The van der Waals surface area contributed by atoms with Crippen LogP contribution in [-0.4, -0.2) is 35.6 Å². The number of amides is 1. The molecular weight excluding hydrogens is 430 g/mol. The highest BCUT2D eigenvalue weighted by Crippen LogP contribution is 2.30. The zero-order valence-corrected chi connectivity index (χ0v) is 18.1. The number of halogens is 1. The average molecular weight is 452 g/mol. The summed E-state index contributed by atoms with van der Waals surface area (Å²) in [7, 11) is -3.65. The molecule has 30 heavy (non-hydrogen) atoms. The summed E-state index contributed by atoms with van der Waals surface area (Å²) in [5.41, 5.74) is 0.0746. The Hall–Kier alpha value is -2.49. The summed E-state index contributed by atoms with van der Waals surface area (Å²) in [5.74, 6) is -0.566. The summed E-state index contributed by atoms with van der Waals surface area (Å²) in [5, 5.41) is 13.5. The van der Waals surface area contributed by atoms with Gasteiger partial charge in [0, 0.05) is 29.4 Å². The van der Waals surface area contributed by atoms with E-state index in [1.54, 1.807) is 4.31 Å². The number of sulfonamides is 1. The average Bonchev–Trinajstić information content (AvgIpc) is 2.68. The second-order valence-electron chi connectivity index (χ2n) is 7.37. The van der Waals surface area contributed by atoms with Gasteiger partial charge in [-0.1, -0.05) is 18.0 Å². The predicted octanol–water partition coefficient (Wildman–Crippen LogP) is 4.45. The fourth-order valence-corrected chi connectivity index (χ4v) is 5.77. The molecule has 0 saturated carbocycles. The first-order valence-corrected chi connectivity index (χ1v) is 11.3. The molecule has 0 radical (unpaired) electrons. The molecule has 160 valence electrons. The predicted molar refractivity (Wildman–Crippen MR) is 114 cm³/mol. The first kappa shape index (κ1) is 22.2. The van der Waals surface area contributed by atoms with Crippen molar-refractivity contribution in [2.75, 3.05) is 5.32 Å². The Morgan fingerprint density at radius 2 is 1.73 bits per heavy atom. The molecular formula is C20H22ClN3O5S. The van der Waals surface area contributed by atoms with Crippen molar-refractivity contribution in [2.45, 2.75) is 50.1 Å². The Bertz CT molecular complexity index is 1060. The molecule has 2 unspecified atom stereocenters. The van der Waals surface area contributed by atoms with Crippen LogP contribution in [0.5, 0.6) is 0 Å². The van der Waals surface area contributed by atoms with Crippen molar-refractivity contribution in [1.82, 2.24) is 4.31 Å². The van der Waals surface area contributed by atoms with Gasteiger partial charge in [-0.15, -0.1) is 0 Å². The Morgan fingerprint density at radius 1 is 1.13 bits per heavy atom. The van der Waals surface area contributed by atoms with Gasteiger partial charge in [-0.2, -0.15) is 4.31 Å². The van der Waals surface area contributed by atoms with E-state index in [-0.39, 0.29) is 33.3 Å². The molecule has 2 aromatic rings. The number of nitrogens with one attached hydrogen (secondary N) is 1. The van der Waals surface area contributed by atoms with Crippen LogP contribution in [0.4, 0.5) is 11.4 Å². The van der Waals surface area contributed by atoms with Crippen molar-refractivity contribution in [1.29, 1.82) is 0 Å².